The molecule has 0 fully saturated rings. The average Bonchev–Trinajstić information content (AvgIpc) is 3.23. The molecule has 0 unspecified atom stereocenters. The first-order chi connectivity index (χ1) is 13.7. The number of nitrogens with one attached hydrogen (secondary N) is 1. The van der Waals surface area contributed by atoms with E-state index in [4.69, 9.17) is 15.9 Å². The number of hydrogen-bond donors (Lipinski definition) is 1. The summed E-state index contributed by atoms with van der Waals surface area (Å²) in [4.78, 5) is 16.8. The van der Waals surface area contributed by atoms with Crippen molar-refractivity contribution in [3.63, 3.8) is 0 Å². The summed E-state index contributed by atoms with van der Waals surface area (Å²) >= 11 is 1.42. The molecule has 5 nitrogen and oxygen atoms in total. The van der Waals surface area contributed by atoms with Crippen molar-refractivity contribution in [1.29, 1.82) is 0 Å². The number of aromatic nitrogens is 1. The third-order valence-electron chi connectivity index (χ3n) is 4.02. The largest absolute Gasteiger partial charge is 0.496 e. The number of para-hydroxylation sites is 1. The van der Waals surface area contributed by atoms with Crippen LogP contribution in [0.15, 0.2) is 53.9 Å². The summed E-state index contributed by atoms with van der Waals surface area (Å²) in [6.07, 6.45) is 5.88. The van der Waals surface area contributed by atoms with Crippen LogP contribution in [0.2, 0.25) is 0 Å². The summed E-state index contributed by atoms with van der Waals surface area (Å²) in [5.74, 6) is 3.71. The Labute approximate surface area is 168 Å². The monoisotopic (exact) mass is 392 g/mol. The van der Waals surface area contributed by atoms with Crippen molar-refractivity contribution in [2.24, 2.45) is 0 Å². The van der Waals surface area contributed by atoms with Crippen LogP contribution >= 0.6 is 11.3 Å². The second-order valence-electron chi connectivity index (χ2n) is 5.88. The maximum Gasteiger partial charge on any atom is 0.270 e. The van der Waals surface area contributed by atoms with Gasteiger partial charge in [0.15, 0.2) is 0 Å². The fourth-order valence-corrected chi connectivity index (χ4v) is 3.44. The van der Waals surface area contributed by atoms with E-state index < -0.39 is 0 Å². The molecule has 0 saturated carbocycles. The number of nitrogens with zero attached hydrogens (tertiary/aromatic N) is 1. The van der Waals surface area contributed by atoms with Crippen LogP contribution in [0.4, 0.5) is 0 Å². The molecular formula is C22H20N2O3S. The van der Waals surface area contributed by atoms with Crippen molar-refractivity contribution < 1.29 is 14.3 Å². The van der Waals surface area contributed by atoms with Gasteiger partial charge in [-0.15, -0.1) is 17.8 Å². The van der Waals surface area contributed by atoms with E-state index in [1.807, 2.05) is 48.5 Å². The van der Waals surface area contributed by atoms with Gasteiger partial charge in [0.25, 0.3) is 5.91 Å². The van der Waals surface area contributed by atoms with E-state index in [9.17, 15) is 4.79 Å². The summed E-state index contributed by atoms with van der Waals surface area (Å²) in [6.45, 7) is 0.769. The van der Waals surface area contributed by atoms with Crippen LogP contribution in [0.25, 0.3) is 10.6 Å². The third kappa shape index (κ3) is 4.90. The highest BCUT2D eigenvalue weighted by Crippen LogP contribution is 2.31. The summed E-state index contributed by atoms with van der Waals surface area (Å²) < 4.78 is 10.7. The van der Waals surface area contributed by atoms with E-state index in [0.29, 0.717) is 18.7 Å². The Morgan fingerprint density at radius 2 is 2.00 bits per heavy atom. The summed E-state index contributed by atoms with van der Waals surface area (Å²) in [6, 6.07) is 15.3. The number of methoxy groups -OCH3 is 1. The van der Waals surface area contributed by atoms with E-state index in [1.165, 1.54) is 11.3 Å². The first kappa shape index (κ1) is 19.5. The summed E-state index contributed by atoms with van der Waals surface area (Å²) in [5.41, 5.74) is 2.38. The Bertz CT molecular complexity index is 974. The van der Waals surface area contributed by atoms with Gasteiger partial charge in [0, 0.05) is 11.9 Å². The molecule has 0 aliphatic carbocycles. The molecule has 0 aliphatic rings. The molecule has 1 N–H and O–H groups in total. The number of terminal acetylenes is 1. The van der Waals surface area contributed by atoms with Crippen molar-refractivity contribution in [3.05, 3.63) is 65.2 Å². The van der Waals surface area contributed by atoms with Gasteiger partial charge in [-0.2, -0.15) is 0 Å². The maximum absolute atomic E-state index is 12.4. The molecule has 0 aliphatic heterocycles. The van der Waals surface area contributed by atoms with Gasteiger partial charge in [-0.05, 0) is 36.2 Å². The average molecular weight is 392 g/mol. The van der Waals surface area contributed by atoms with Crippen LogP contribution in [0.3, 0.4) is 0 Å². The predicted molar refractivity (Wildman–Crippen MR) is 111 cm³/mol. The fourth-order valence-electron chi connectivity index (χ4n) is 2.61. The second kappa shape index (κ2) is 9.58. The number of amides is 1. The molecule has 2 aromatic carbocycles. The quantitative estimate of drug-likeness (QED) is 0.593. The van der Waals surface area contributed by atoms with Gasteiger partial charge < -0.3 is 14.8 Å². The van der Waals surface area contributed by atoms with Crippen molar-refractivity contribution in [2.45, 2.75) is 6.42 Å². The standard InChI is InChI=1S/C22H20N2O3S/c1-3-14-27-17-10-8-16(9-11-17)12-13-23-21(25)19-15-28-22(24-19)18-6-4-5-7-20(18)26-2/h1,4-11,15H,12-14H2,2H3,(H,23,25). The molecule has 1 amide bonds. The normalized spacial score (nSPS) is 10.1. The number of carbonyl (C=O) groups excluding carboxylic acids is 1. The number of benzene rings is 2. The van der Waals surface area contributed by atoms with Crippen molar-refractivity contribution >= 4 is 17.2 Å². The van der Waals surface area contributed by atoms with Crippen molar-refractivity contribution in [1.82, 2.24) is 10.3 Å². The van der Waals surface area contributed by atoms with E-state index in [2.05, 4.69) is 16.2 Å². The van der Waals surface area contributed by atoms with Gasteiger partial charge >= 0.3 is 0 Å². The Morgan fingerprint density at radius 3 is 2.75 bits per heavy atom. The Balaban J connectivity index is 1.54. The number of thiazole rings is 1. The number of hydrogen-bond acceptors (Lipinski definition) is 5. The third-order valence-corrected chi connectivity index (χ3v) is 4.89. The fraction of sp³-hybridized carbons (Fsp3) is 0.182. The molecule has 3 aromatic rings. The molecule has 6 heteroatoms. The van der Waals surface area contributed by atoms with E-state index in [-0.39, 0.29) is 12.5 Å². The highest BCUT2D eigenvalue weighted by Gasteiger charge is 2.14. The zero-order valence-electron chi connectivity index (χ0n) is 15.5. The van der Waals surface area contributed by atoms with Gasteiger partial charge in [-0.25, -0.2) is 4.98 Å². The van der Waals surface area contributed by atoms with Crippen LogP contribution in [0, 0.1) is 12.3 Å². The molecule has 0 saturated heterocycles. The lowest BCUT2D eigenvalue weighted by atomic mass is 10.1. The van der Waals surface area contributed by atoms with Gasteiger partial charge in [0.05, 0.1) is 12.7 Å². The van der Waals surface area contributed by atoms with E-state index >= 15 is 0 Å². The van der Waals surface area contributed by atoms with E-state index in [0.717, 1.165) is 27.6 Å². The van der Waals surface area contributed by atoms with Gasteiger partial charge in [-0.3, -0.25) is 4.79 Å². The first-order valence-electron chi connectivity index (χ1n) is 8.73. The molecule has 3 rings (SSSR count). The molecule has 28 heavy (non-hydrogen) atoms. The van der Waals surface area contributed by atoms with Gasteiger partial charge in [0.2, 0.25) is 0 Å². The zero-order valence-corrected chi connectivity index (χ0v) is 16.3. The minimum Gasteiger partial charge on any atom is -0.496 e. The predicted octanol–water partition coefficient (Wildman–Crippen LogP) is 3.80. The minimum absolute atomic E-state index is 0.189. The lowest BCUT2D eigenvalue weighted by molar-refractivity contribution is 0.0950. The maximum atomic E-state index is 12.4. The van der Waals surface area contributed by atoms with Crippen LogP contribution in [-0.2, 0) is 6.42 Å². The Morgan fingerprint density at radius 1 is 1.21 bits per heavy atom. The highest BCUT2D eigenvalue weighted by atomic mass is 32.1. The first-order valence-corrected chi connectivity index (χ1v) is 9.61. The molecular weight excluding hydrogens is 372 g/mol. The lowest BCUT2D eigenvalue weighted by Crippen LogP contribution is -2.25. The van der Waals surface area contributed by atoms with Crippen LogP contribution in [0.5, 0.6) is 11.5 Å². The number of carbonyl (C=O) groups is 1. The molecule has 1 heterocycles. The van der Waals surface area contributed by atoms with Crippen molar-refractivity contribution in [2.75, 3.05) is 20.3 Å². The summed E-state index contributed by atoms with van der Waals surface area (Å²) in [7, 11) is 1.62. The zero-order chi connectivity index (χ0) is 19.8. The number of ether oxygens (including phenoxy) is 2. The SMILES string of the molecule is C#CCOc1ccc(CCNC(=O)c2csc(-c3ccccc3OC)n2)cc1. The molecule has 0 radical (unpaired) electrons. The van der Waals surface area contributed by atoms with Crippen LogP contribution < -0.4 is 14.8 Å². The molecule has 142 valence electrons. The molecule has 1 aromatic heterocycles. The molecule has 0 spiro atoms. The lowest BCUT2D eigenvalue weighted by Gasteiger charge is -2.06. The second-order valence-corrected chi connectivity index (χ2v) is 6.74. The molecule has 0 bridgehead atoms. The molecule has 0 atom stereocenters. The Kier molecular flexibility index (Phi) is 6.66. The van der Waals surface area contributed by atoms with Crippen LogP contribution in [-0.4, -0.2) is 31.2 Å². The van der Waals surface area contributed by atoms with Gasteiger partial charge in [0.1, 0.15) is 28.8 Å². The minimum atomic E-state index is -0.189. The van der Waals surface area contributed by atoms with E-state index in [1.54, 1.807) is 12.5 Å². The number of rotatable bonds is 8. The van der Waals surface area contributed by atoms with Gasteiger partial charge in [-0.1, -0.05) is 30.2 Å². The highest BCUT2D eigenvalue weighted by molar-refractivity contribution is 7.13. The topological polar surface area (TPSA) is 60.5 Å². The summed E-state index contributed by atoms with van der Waals surface area (Å²) in [5, 5.41) is 5.42. The van der Waals surface area contributed by atoms with Crippen molar-refractivity contribution in [3.8, 4) is 34.4 Å². The smallest absolute Gasteiger partial charge is 0.270 e. The Hall–Kier alpha value is -3.30. The van der Waals surface area contributed by atoms with Crippen LogP contribution in [0.1, 0.15) is 16.1 Å².